The first-order valence-electron chi connectivity index (χ1n) is 13.2. The maximum Gasteiger partial charge on any atom is 0.266 e. The fourth-order valence-corrected chi connectivity index (χ4v) is 6.65. The molecule has 0 saturated heterocycles. The van der Waals surface area contributed by atoms with E-state index in [1.165, 1.54) is 36.7 Å². The number of sulfonamides is 1. The monoisotopic (exact) mass is 669 g/mol. The van der Waals surface area contributed by atoms with Crippen LogP contribution in [0.25, 0.3) is 28.2 Å². The second kappa shape index (κ2) is 12.5. The standard InChI is InChI=1S/C32H23Cl3FN3O4S/c1-3-14-44(42,43)38-27-13-12-26(36)28(21(27)4-2)30(40)23-17-39(32(41)29-24(34)6-5-7-25(29)35)31-22(23)15-19(16-37-31)18-8-10-20(33)11-9-18/h4-13,15-17,38H,2-3,14H2,1H3. The quantitative estimate of drug-likeness (QED) is 0.159. The van der Waals surface area contributed by atoms with Gasteiger partial charge in [0.15, 0.2) is 5.78 Å². The zero-order valence-electron chi connectivity index (χ0n) is 23.1. The SMILES string of the molecule is C=Cc1c(NS(=O)(=O)CCC)ccc(F)c1C(=O)c1cn(C(=O)c2c(Cl)cccc2Cl)c2ncc(-c3ccc(Cl)cc3)cc12. The number of halogens is 4. The smallest absolute Gasteiger partial charge is 0.266 e. The van der Waals surface area contributed by atoms with Crippen molar-refractivity contribution in [2.75, 3.05) is 10.5 Å². The van der Waals surface area contributed by atoms with Crippen molar-refractivity contribution >= 4 is 79.3 Å². The summed E-state index contributed by atoms with van der Waals surface area (Å²) in [7, 11) is -3.78. The van der Waals surface area contributed by atoms with Crippen LogP contribution in [0.4, 0.5) is 10.1 Å². The van der Waals surface area contributed by atoms with Crippen molar-refractivity contribution in [3.05, 3.63) is 123 Å². The van der Waals surface area contributed by atoms with Gasteiger partial charge in [0.1, 0.15) is 11.5 Å². The Morgan fingerprint density at radius 1 is 1.00 bits per heavy atom. The molecular weight excluding hydrogens is 648 g/mol. The van der Waals surface area contributed by atoms with Gasteiger partial charge in [-0.3, -0.25) is 18.9 Å². The molecule has 2 heterocycles. The lowest BCUT2D eigenvalue weighted by Crippen LogP contribution is -2.18. The Morgan fingerprint density at radius 3 is 2.32 bits per heavy atom. The molecule has 0 spiro atoms. The van der Waals surface area contributed by atoms with Crippen molar-refractivity contribution in [3.8, 4) is 11.1 Å². The molecule has 0 amide bonds. The molecule has 3 aromatic carbocycles. The summed E-state index contributed by atoms with van der Waals surface area (Å²) in [5.41, 5.74) is 0.813. The highest BCUT2D eigenvalue weighted by Gasteiger charge is 2.28. The Labute approximate surface area is 267 Å². The molecule has 224 valence electrons. The Morgan fingerprint density at radius 2 is 1.68 bits per heavy atom. The van der Waals surface area contributed by atoms with Crippen LogP contribution in [0, 0.1) is 5.82 Å². The maximum atomic E-state index is 15.5. The molecule has 5 rings (SSSR count). The Hall–Kier alpha value is -4.02. The van der Waals surface area contributed by atoms with Gasteiger partial charge in [-0.25, -0.2) is 17.8 Å². The van der Waals surface area contributed by atoms with Crippen LogP contribution < -0.4 is 4.72 Å². The molecule has 0 fully saturated rings. The van der Waals surface area contributed by atoms with Gasteiger partial charge in [-0.05, 0) is 54.4 Å². The normalized spacial score (nSPS) is 11.5. The molecule has 7 nitrogen and oxygen atoms in total. The van der Waals surface area contributed by atoms with Crippen molar-refractivity contribution < 1.29 is 22.4 Å². The molecule has 0 radical (unpaired) electrons. The highest BCUT2D eigenvalue weighted by Crippen LogP contribution is 2.34. The largest absolute Gasteiger partial charge is 0.288 e. The lowest BCUT2D eigenvalue weighted by Gasteiger charge is -2.14. The number of nitrogens with zero attached hydrogens (tertiary/aromatic N) is 2. The van der Waals surface area contributed by atoms with Gasteiger partial charge < -0.3 is 0 Å². The summed E-state index contributed by atoms with van der Waals surface area (Å²) in [6, 6.07) is 15.4. The molecule has 44 heavy (non-hydrogen) atoms. The fraction of sp³-hybridized carbons (Fsp3) is 0.0938. The number of rotatable bonds is 9. The van der Waals surface area contributed by atoms with Crippen LogP contribution in [0.5, 0.6) is 0 Å². The number of benzene rings is 3. The summed E-state index contributed by atoms with van der Waals surface area (Å²) in [5.74, 6) is -2.58. The molecule has 0 saturated carbocycles. The average molecular weight is 671 g/mol. The van der Waals surface area contributed by atoms with Crippen LogP contribution in [0.2, 0.25) is 15.1 Å². The molecule has 0 aliphatic heterocycles. The second-order valence-electron chi connectivity index (χ2n) is 9.75. The summed E-state index contributed by atoms with van der Waals surface area (Å²) in [6.07, 6.45) is 4.31. The van der Waals surface area contributed by atoms with Gasteiger partial charge in [0.25, 0.3) is 5.91 Å². The molecule has 1 N–H and O–H groups in total. The fourth-order valence-electron chi connectivity index (χ4n) is 4.81. The predicted octanol–water partition coefficient (Wildman–Crippen LogP) is 8.52. The summed E-state index contributed by atoms with van der Waals surface area (Å²) >= 11 is 18.7. The Kier molecular flexibility index (Phi) is 8.95. The van der Waals surface area contributed by atoms with Gasteiger partial charge in [-0.2, -0.15) is 0 Å². The number of ketones is 1. The highest BCUT2D eigenvalue weighted by molar-refractivity contribution is 7.92. The van der Waals surface area contributed by atoms with Crippen molar-refractivity contribution in [1.82, 2.24) is 9.55 Å². The molecule has 0 atom stereocenters. The molecule has 0 aliphatic carbocycles. The van der Waals surface area contributed by atoms with E-state index < -0.39 is 33.1 Å². The molecule has 5 aromatic rings. The lowest BCUT2D eigenvalue weighted by atomic mass is 9.96. The van der Waals surface area contributed by atoms with Crippen molar-refractivity contribution in [2.24, 2.45) is 0 Å². The number of fused-ring (bicyclic) bond motifs is 1. The average Bonchev–Trinajstić information content (AvgIpc) is 3.36. The maximum absolute atomic E-state index is 15.5. The van der Waals surface area contributed by atoms with Crippen LogP contribution in [0.1, 0.15) is 45.2 Å². The number of nitrogens with one attached hydrogen (secondary N) is 1. The van der Waals surface area contributed by atoms with E-state index in [0.29, 0.717) is 17.0 Å². The summed E-state index contributed by atoms with van der Waals surface area (Å²) < 4.78 is 44.1. The molecule has 0 unspecified atom stereocenters. The van der Waals surface area contributed by atoms with E-state index >= 15 is 4.39 Å². The number of hydrogen-bond acceptors (Lipinski definition) is 5. The van der Waals surface area contributed by atoms with Gasteiger partial charge in [-0.15, -0.1) is 0 Å². The first-order valence-corrected chi connectivity index (χ1v) is 16.0. The van der Waals surface area contributed by atoms with Gasteiger partial charge in [0.05, 0.1) is 38.2 Å². The number of pyridine rings is 1. The highest BCUT2D eigenvalue weighted by atomic mass is 35.5. The number of carbonyl (C=O) groups excluding carboxylic acids is 2. The van der Waals surface area contributed by atoms with Crippen LogP contribution >= 0.6 is 34.8 Å². The zero-order valence-corrected chi connectivity index (χ0v) is 26.2. The van der Waals surface area contributed by atoms with Gasteiger partial charge >= 0.3 is 0 Å². The number of hydrogen-bond donors (Lipinski definition) is 1. The minimum atomic E-state index is -3.78. The van der Waals surface area contributed by atoms with Gasteiger partial charge in [0, 0.05) is 33.9 Å². The number of aromatic nitrogens is 2. The minimum absolute atomic E-state index is 0.0131. The van der Waals surface area contributed by atoms with E-state index in [4.69, 9.17) is 34.8 Å². The van der Waals surface area contributed by atoms with Gasteiger partial charge in [-0.1, -0.05) is 72.6 Å². The van der Waals surface area contributed by atoms with E-state index in [2.05, 4.69) is 16.3 Å². The second-order valence-corrected chi connectivity index (χ2v) is 12.8. The third-order valence-electron chi connectivity index (χ3n) is 6.82. The minimum Gasteiger partial charge on any atom is -0.288 e. The third-order valence-corrected chi connectivity index (χ3v) is 9.18. The van der Waals surface area contributed by atoms with Crippen molar-refractivity contribution in [3.63, 3.8) is 0 Å². The molecular formula is C32H23Cl3FN3O4S. The molecule has 0 bridgehead atoms. The first kappa shape index (κ1) is 31.4. The third kappa shape index (κ3) is 6.01. The van der Waals surface area contributed by atoms with Crippen LogP contribution in [0.15, 0.2) is 79.6 Å². The molecule has 0 aliphatic rings. The summed E-state index contributed by atoms with van der Waals surface area (Å²) in [6.45, 7) is 5.40. The van der Waals surface area contributed by atoms with E-state index in [0.717, 1.165) is 16.2 Å². The van der Waals surface area contributed by atoms with Crippen molar-refractivity contribution in [1.29, 1.82) is 0 Å². The number of carbonyl (C=O) groups is 2. The van der Waals surface area contributed by atoms with Crippen LogP contribution in [0.3, 0.4) is 0 Å². The van der Waals surface area contributed by atoms with E-state index in [1.54, 1.807) is 43.3 Å². The van der Waals surface area contributed by atoms with E-state index in [9.17, 15) is 18.0 Å². The molecule has 12 heteroatoms. The lowest BCUT2D eigenvalue weighted by molar-refractivity contribution is 0.0964. The summed E-state index contributed by atoms with van der Waals surface area (Å²) in [5, 5.41) is 0.920. The summed E-state index contributed by atoms with van der Waals surface area (Å²) in [4.78, 5) is 32.5. The van der Waals surface area contributed by atoms with Crippen molar-refractivity contribution in [2.45, 2.75) is 13.3 Å². The van der Waals surface area contributed by atoms with Gasteiger partial charge in [0.2, 0.25) is 10.0 Å². The zero-order chi connectivity index (χ0) is 31.8. The first-order chi connectivity index (χ1) is 21.0. The van der Waals surface area contributed by atoms with Crippen LogP contribution in [-0.4, -0.2) is 35.4 Å². The Bertz CT molecular complexity index is 2060. The van der Waals surface area contributed by atoms with Crippen LogP contribution in [-0.2, 0) is 10.0 Å². The predicted molar refractivity (Wildman–Crippen MR) is 174 cm³/mol. The van der Waals surface area contributed by atoms with E-state index in [1.807, 2.05) is 0 Å². The number of anilines is 1. The Balaban J connectivity index is 1.75. The molecule has 2 aromatic heterocycles. The topological polar surface area (TPSA) is 98.1 Å². The van der Waals surface area contributed by atoms with E-state index in [-0.39, 0.29) is 49.2 Å².